The number of morpholine rings is 1. The van der Waals surface area contributed by atoms with E-state index in [1.54, 1.807) is 12.1 Å². The largest absolute Gasteiger partial charge is 0.370 e. The summed E-state index contributed by atoms with van der Waals surface area (Å²) in [6.07, 6.45) is 0. The molecule has 1 aromatic carbocycles. The third-order valence-corrected chi connectivity index (χ3v) is 5.50. The van der Waals surface area contributed by atoms with Gasteiger partial charge in [0.05, 0.1) is 22.4 Å². The van der Waals surface area contributed by atoms with Crippen molar-refractivity contribution in [3.63, 3.8) is 0 Å². The minimum absolute atomic E-state index is 0.0212. The van der Waals surface area contributed by atoms with Gasteiger partial charge in [-0.2, -0.15) is 0 Å². The van der Waals surface area contributed by atoms with Crippen molar-refractivity contribution < 1.29 is 14.4 Å². The van der Waals surface area contributed by atoms with E-state index in [1.807, 2.05) is 0 Å². The van der Waals surface area contributed by atoms with Crippen molar-refractivity contribution in [2.75, 3.05) is 32.8 Å². The number of benzene rings is 1. The standard InChI is InChI=1S/C18H21ClN2O2S/c1-13-2-4-14(5-3-13)15(12-21-8-10-23-11-9-21)20-18(22)16-6-7-17(19)24-16/h2-7,15H,8-12H2,1H3,(H,20,22)/p+1/t15-/m0/s1. The molecule has 0 aliphatic carbocycles. The van der Waals surface area contributed by atoms with E-state index in [9.17, 15) is 4.79 Å². The summed E-state index contributed by atoms with van der Waals surface area (Å²) < 4.78 is 6.07. The highest BCUT2D eigenvalue weighted by Crippen LogP contribution is 2.22. The van der Waals surface area contributed by atoms with Crippen LogP contribution in [-0.4, -0.2) is 38.8 Å². The van der Waals surface area contributed by atoms with E-state index in [-0.39, 0.29) is 11.9 Å². The van der Waals surface area contributed by atoms with Crippen LogP contribution in [0.1, 0.15) is 26.8 Å². The van der Waals surface area contributed by atoms with Gasteiger partial charge in [0.15, 0.2) is 0 Å². The van der Waals surface area contributed by atoms with Crippen LogP contribution in [-0.2, 0) is 4.74 Å². The lowest BCUT2D eigenvalue weighted by Gasteiger charge is -2.28. The van der Waals surface area contributed by atoms with Crippen LogP contribution in [0.4, 0.5) is 0 Å². The zero-order valence-electron chi connectivity index (χ0n) is 13.7. The summed E-state index contributed by atoms with van der Waals surface area (Å²) in [6, 6.07) is 11.9. The highest BCUT2D eigenvalue weighted by molar-refractivity contribution is 7.17. The fourth-order valence-electron chi connectivity index (χ4n) is 2.87. The maximum atomic E-state index is 12.6. The first-order chi connectivity index (χ1) is 11.6. The Morgan fingerprint density at radius 3 is 2.58 bits per heavy atom. The number of carbonyl (C=O) groups is 1. The minimum Gasteiger partial charge on any atom is -0.370 e. The smallest absolute Gasteiger partial charge is 0.262 e. The molecule has 6 heteroatoms. The highest BCUT2D eigenvalue weighted by atomic mass is 35.5. The zero-order valence-corrected chi connectivity index (χ0v) is 15.3. The Morgan fingerprint density at radius 2 is 1.96 bits per heavy atom. The van der Waals surface area contributed by atoms with E-state index >= 15 is 0 Å². The molecule has 1 aromatic heterocycles. The summed E-state index contributed by atoms with van der Waals surface area (Å²) in [4.78, 5) is 14.7. The van der Waals surface area contributed by atoms with Gasteiger partial charge in [0.1, 0.15) is 25.7 Å². The van der Waals surface area contributed by atoms with Crippen LogP contribution in [0, 0.1) is 6.92 Å². The normalized spacial score (nSPS) is 16.8. The number of halogens is 1. The van der Waals surface area contributed by atoms with Crippen LogP contribution < -0.4 is 10.2 Å². The van der Waals surface area contributed by atoms with Crippen molar-refractivity contribution in [3.8, 4) is 0 Å². The van der Waals surface area contributed by atoms with Gasteiger partial charge in [-0.1, -0.05) is 41.4 Å². The number of ether oxygens (including phenoxy) is 1. The molecule has 1 aliphatic rings. The second-order valence-corrected chi connectivity index (χ2v) is 7.82. The van der Waals surface area contributed by atoms with Crippen molar-refractivity contribution in [1.29, 1.82) is 0 Å². The lowest BCUT2D eigenvalue weighted by molar-refractivity contribution is -0.909. The number of hydrogen-bond acceptors (Lipinski definition) is 3. The summed E-state index contributed by atoms with van der Waals surface area (Å²) in [6.45, 7) is 6.44. The zero-order chi connectivity index (χ0) is 16.9. The van der Waals surface area contributed by atoms with E-state index in [0.717, 1.165) is 38.4 Å². The van der Waals surface area contributed by atoms with Crippen molar-refractivity contribution in [2.24, 2.45) is 0 Å². The van der Waals surface area contributed by atoms with Gasteiger partial charge in [0, 0.05) is 0 Å². The Hall–Kier alpha value is -1.40. The first kappa shape index (κ1) is 17.4. The van der Waals surface area contributed by atoms with Gasteiger partial charge in [-0.3, -0.25) is 4.79 Å². The molecule has 2 aromatic rings. The SMILES string of the molecule is Cc1ccc([C@H](C[NH+]2CCOCC2)NC(=O)c2ccc(Cl)s2)cc1. The maximum Gasteiger partial charge on any atom is 0.262 e. The van der Waals surface area contributed by atoms with E-state index in [4.69, 9.17) is 16.3 Å². The van der Waals surface area contributed by atoms with Crippen LogP contribution in [0.15, 0.2) is 36.4 Å². The molecular formula is C18H22ClN2O2S+. The summed E-state index contributed by atoms with van der Waals surface area (Å²) in [5.74, 6) is -0.0647. The van der Waals surface area contributed by atoms with E-state index in [0.29, 0.717) is 9.21 Å². The molecule has 3 rings (SSSR count). The molecule has 4 nitrogen and oxygen atoms in total. The molecule has 24 heavy (non-hydrogen) atoms. The Kier molecular flexibility index (Phi) is 5.89. The Morgan fingerprint density at radius 1 is 1.25 bits per heavy atom. The van der Waals surface area contributed by atoms with Crippen molar-refractivity contribution >= 4 is 28.8 Å². The maximum absolute atomic E-state index is 12.6. The highest BCUT2D eigenvalue weighted by Gasteiger charge is 2.23. The van der Waals surface area contributed by atoms with Crippen molar-refractivity contribution in [1.82, 2.24) is 5.32 Å². The summed E-state index contributed by atoms with van der Waals surface area (Å²) in [7, 11) is 0. The minimum atomic E-state index is -0.0647. The molecule has 0 spiro atoms. The fraction of sp³-hybridized carbons (Fsp3) is 0.389. The number of amides is 1. The molecule has 1 amide bonds. The van der Waals surface area contributed by atoms with Gasteiger partial charge in [0.2, 0.25) is 0 Å². The Labute approximate surface area is 151 Å². The topological polar surface area (TPSA) is 42.8 Å². The Balaban J connectivity index is 1.75. The molecule has 128 valence electrons. The third-order valence-electron chi connectivity index (χ3n) is 4.27. The second kappa shape index (κ2) is 8.12. The molecule has 1 aliphatic heterocycles. The molecule has 0 saturated carbocycles. The number of quaternary nitrogens is 1. The van der Waals surface area contributed by atoms with Gasteiger partial charge < -0.3 is 15.0 Å². The van der Waals surface area contributed by atoms with Crippen LogP contribution in [0.5, 0.6) is 0 Å². The fourth-order valence-corrected chi connectivity index (χ4v) is 3.82. The first-order valence-corrected chi connectivity index (χ1v) is 9.35. The summed E-state index contributed by atoms with van der Waals surface area (Å²) >= 11 is 7.26. The predicted octanol–water partition coefficient (Wildman–Crippen LogP) is 2.10. The van der Waals surface area contributed by atoms with E-state index < -0.39 is 0 Å². The number of aryl methyl sites for hydroxylation is 1. The van der Waals surface area contributed by atoms with Crippen molar-refractivity contribution in [3.05, 3.63) is 56.7 Å². The molecule has 0 radical (unpaired) electrons. The van der Waals surface area contributed by atoms with Crippen molar-refractivity contribution in [2.45, 2.75) is 13.0 Å². The third kappa shape index (κ3) is 4.57. The monoisotopic (exact) mass is 365 g/mol. The lowest BCUT2D eigenvalue weighted by atomic mass is 10.0. The number of hydrogen-bond donors (Lipinski definition) is 2. The molecule has 2 N–H and O–H groups in total. The van der Waals surface area contributed by atoms with Gasteiger partial charge in [-0.15, -0.1) is 11.3 Å². The molecule has 1 fully saturated rings. The van der Waals surface area contributed by atoms with Crippen LogP contribution in [0.2, 0.25) is 4.34 Å². The van der Waals surface area contributed by atoms with Crippen LogP contribution in [0.3, 0.4) is 0 Å². The second-order valence-electron chi connectivity index (χ2n) is 6.11. The average Bonchev–Trinajstić information content (AvgIpc) is 3.02. The summed E-state index contributed by atoms with van der Waals surface area (Å²) in [5.41, 5.74) is 2.35. The number of rotatable bonds is 5. The number of thiophene rings is 1. The Bertz CT molecular complexity index is 681. The molecule has 1 atom stereocenters. The first-order valence-electron chi connectivity index (χ1n) is 8.16. The van der Waals surface area contributed by atoms with Gasteiger partial charge in [-0.05, 0) is 24.6 Å². The lowest BCUT2D eigenvalue weighted by Crippen LogP contribution is -3.14. The molecular weight excluding hydrogens is 344 g/mol. The number of carbonyl (C=O) groups excluding carboxylic acids is 1. The quantitative estimate of drug-likeness (QED) is 0.852. The van der Waals surface area contributed by atoms with Crippen LogP contribution in [0.25, 0.3) is 0 Å². The molecule has 0 bridgehead atoms. The van der Waals surface area contributed by atoms with Crippen LogP contribution >= 0.6 is 22.9 Å². The molecule has 0 unspecified atom stereocenters. The molecule has 2 heterocycles. The van der Waals surface area contributed by atoms with Gasteiger partial charge >= 0.3 is 0 Å². The van der Waals surface area contributed by atoms with E-state index in [1.165, 1.54) is 21.8 Å². The summed E-state index contributed by atoms with van der Waals surface area (Å²) in [5, 5.41) is 3.18. The average molecular weight is 366 g/mol. The van der Waals surface area contributed by atoms with Gasteiger partial charge in [-0.25, -0.2) is 0 Å². The number of nitrogens with one attached hydrogen (secondary N) is 2. The molecule has 1 saturated heterocycles. The van der Waals surface area contributed by atoms with Gasteiger partial charge in [0.25, 0.3) is 5.91 Å². The predicted molar refractivity (Wildman–Crippen MR) is 97.1 cm³/mol. The van der Waals surface area contributed by atoms with E-state index in [2.05, 4.69) is 36.5 Å².